The molecule has 0 aromatic carbocycles. The van der Waals surface area contributed by atoms with Gasteiger partial charge in [-0.15, -0.1) is 11.3 Å². The Hall–Kier alpha value is -0.100. The highest BCUT2D eigenvalue weighted by molar-refractivity contribution is 7.98. The topological polar surface area (TPSA) is 45.1 Å². The second kappa shape index (κ2) is 5.70. The monoisotopic (exact) mass is 232 g/mol. The van der Waals surface area contributed by atoms with Crippen LogP contribution >= 0.6 is 23.1 Å². The van der Waals surface area contributed by atoms with Crippen LogP contribution in [-0.4, -0.2) is 34.2 Å². The maximum absolute atomic E-state index is 9.85. The van der Waals surface area contributed by atoms with Crippen LogP contribution in [0.15, 0.2) is 11.7 Å². The van der Waals surface area contributed by atoms with Gasteiger partial charge in [-0.2, -0.15) is 11.8 Å². The quantitative estimate of drug-likeness (QED) is 0.777. The van der Waals surface area contributed by atoms with Gasteiger partial charge in [-0.25, -0.2) is 0 Å². The van der Waals surface area contributed by atoms with Crippen molar-refractivity contribution in [2.75, 3.05) is 18.6 Å². The zero-order chi connectivity index (χ0) is 10.4. The molecule has 14 heavy (non-hydrogen) atoms. The summed E-state index contributed by atoms with van der Waals surface area (Å²) in [6.07, 6.45) is 3.85. The third-order valence-corrected chi connectivity index (χ3v) is 3.43. The predicted octanol–water partition coefficient (Wildman–Crippen LogP) is 1.35. The van der Waals surface area contributed by atoms with Crippen LogP contribution in [-0.2, 0) is 6.54 Å². The Morgan fingerprint density at radius 3 is 3.07 bits per heavy atom. The van der Waals surface area contributed by atoms with E-state index >= 15 is 0 Å². The van der Waals surface area contributed by atoms with Crippen LogP contribution in [0, 0.1) is 0 Å². The zero-order valence-corrected chi connectivity index (χ0v) is 10.1. The van der Waals surface area contributed by atoms with Gasteiger partial charge < -0.3 is 10.4 Å². The highest BCUT2D eigenvalue weighted by Gasteiger charge is 2.18. The van der Waals surface area contributed by atoms with Crippen molar-refractivity contribution in [1.82, 2.24) is 10.3 Å². The lowest BCUT2D eigenvalue weighted by Gasteiger charge is -2.22. The molecule has 1 heterocycles. The van der Waals surface area contributed by atoms with Gasteiger partial charge in [0.1, 0.15) is 0 Å². The van der Waals surface area contributed by atoms with E-state index in [0.717, 1.165) is 12.3 Å². The summed E-state index contributed by atoms with van der Waals surface area (Å²) in [6.45, 7) is 3.25. The fraction of sp³-hybridized carbons (Fsp3) is 0.667. The summed E-state index contributed by atoms with van der Waals surface area (Å²) in [5.41, 5.74) is 1.20. The van der Waals surface area contributed by atoms with E-state index in [1.165, 1.54) is 4.88 Å². The maximum Gasteiger partial charge on any atom is 0.0833 e. The van der Waals surface area contributed by atoms with Crippen LogP contribution in [0.3, 0.4) is 0 Å². The molecular weight excluding hydrogens is 216 g/mol. The van der Waals surface area contributed by atoms with Crippen molar-refractivity contribution < 1.29 is 5.11 Å². The van der Waals surface area contributed by atoms with Crippen molar-refractivity contribution in [2.24, 2.45) is 0 Å². The number of nitrogens with zero attached hydrogens (tertiary/aromatic N) is 1. The van der Waals surface area contributed by atoms with Crippen LogP contribution in [0.5, 0.6) is 0 Å². The van der Waals surface area contributed by atoms with Crippen molar-refractivity contribution in [1.29, 1.82) is 0 Å². The standard InChI is InChI=1S/C9H16N2OS2/c1-9(12,6-13-2)5-10-3-8-4-11-7-14-8/h4,7,10,12H,3,5-6H2,1-2H3. The molecule has 3 nitrogen and oxygen atoms in total. The van der Waals surface area contributed by atoms with Crippen molar-refractivity contribution in [3.05, 3.63) is 16.6 Å². The van der Waals surface area contributed by atoms with Crippen molar-refractivity contribution in [2.45, 2.75) is 19.1 Å². The highest BCUT2D eigenvalue weighted by atomic mass is 32.2. The Morgan fingerprint density at radius 2 is 2.50 bits per heavy atom. The van der Waals surface area contributed by atoms with Gasteiger partial charge >= 0.3 is 0 Å². The summed E-state index contributed by atoms with van der Waals surface area (Å²) in [6, 6.07) is 0. The first-order valence-corrected chi connectivity index (χ1v) is 6.71. The molecule has 0 spiro atoms. The number of hydrogen-bond acceptors (Lipinski definition) is 5. The molecule has 1 unspecified atom stereocenters. The van der Waals surface area contributed by atoms with E-state index in [0.29, 0.717) is 6.54 Å². The maximum atomic E-state index is 9.85. The Bertz CT molecular complexity index is 249. The van der Waals surface area contributed by atoms with Crippen LogP contribution in [0.4, 0.5) is 0 Å². The first kappa shape index (κ1) is 12.0. The number of hydrogen-bond donors (Lipinski definition) is 2. The molecule has 1 aromatic rings. The summed E-state index contributed by atoms with van der Waals surface area (Å²) >= 11 is 3.28. The number of aromatic nitrogens is 1. The number of rotatable bonds is 6. The summed E-state index contributed by atoms with van der Waals surface area (Å²) in [7, 11) is 0. The summed E-state index contributed by atoms with van der Waals surface area (Å²) in [5.74, 6) is 0.753. The molecule has 0 radical (unpaired) electrons. The Labute approximate surface area is 92.9 Å². The molecular formula is C9H16N2OS2. The highest BCUT2D eigenvalue weighted by Crippen LogP contribution is 2.10. The minimum Gasteiger partial charge on any atom is -0.388 e. The second-order valence-electron chi connectivity index (χ2n) is 3.50. The van der Waals surface area contributed by atoms with Crippen LogP contribution in [0.1, 0.15) is 11.8 Å². The number of aliphatic hydroxyl groups is 1. The van der Waals surface area contributed by atoms with E-state index in [9.17, 15) is 5.11 Å². The first-order chi connectivity index (χ1) is 6.64. The van der Waals surface area contributed by atoms with Gasteiger partial charge in [0.15, 0.2) is 0 Å². The molecule has 0 amide bonds. The third-order valence-electron chi connectivity index (χ3n) is 1.74. The molecule has 1 atom stereocenters. The van der Waals surface area contributed by atoms with Gasteiger partial charge in [0.05, 0.1) is 11.1 Å². The summed E-state index contributed by atoms with van der Waals surface area (Å²) < 4.78 is 0. The van der Waals surface area contributed by atoms with E-state index in [-0.39, 0.29) is 0 Å². The molecule has 5 heteroatoms. The van der Waals surface area contributed by atoms with Crippen LogP contribution in [0.25, 0.3) is 0 Å². The van der Waals surface area contributed by atoms with Crippen molar-refractivity contribution >= 4 is 23.1 Å². The second-order valence-corrected chi connectivity index (χ2v) is 5.34. The fourth-order valence-electron chi connectivity index (χ4n) is 1.15. The molecule has 0 fully saturated rings. The van der Waals surface area contributed by atoms with E-state index in [4.69, 9.17) is 0 Å². The Kier molecular flexibility index (Phi) is 4.88. The van der Waals surface area contributed by atoms with Crippen molar-refractivity contribution in [3.63, 3.8) is 0 Å². The smallest absolute Gasteiger partial charge is 0.0833 e. The molecule has 0 saturated heterocycles. The molecule has 0 bridgehead atoms. The summed E-state index contributed by atoms with van der Waals surface area (Å²) in [4.78, 5) is 5.18. The van der Waals surface area contributed by atoms with Crippen LogP contribution < -0.4 is 5.32 Å². The first-order valence-electron chi connectivity index (χ1n) is 4.43. The number of thioether (sulfide) groups is 1. The zero-order valence-electron chi connectivity index (χ0n) is 8.49. The van der Waals surface area contributed by atoms with Gasteiger partial charge in [0.2, 0.25) is 0 Å². The molecule has 80 valence electrons. The van der Waals surface area contributed by atoms with E-state index in [2.05, 4.69) is 10.3 Å². The molecule has 1 aromatic heterocycles. The lowest BCUT2D eigenvalue weighted by molar-refractivity contribution is 0.0846. The summed E-state index contributed by atoms with van der Waals surface area (Å²) in [5, 5.41) is 13.1. The Balaban J connectivity index is 2.20. The molecule has 0 aliphatic heterocycles. The van der Waals surface area contributed by atoms with Gasteiger partial charge in [-0.3, -0.25) is 4.98 Å². The minimum atomic E-state index is -0.621. The van der Waals surface area contributed by atoms with E-state index < -0.39 is 5.60 Å². The molecule has 1 rings (SSSR count). The van der Waals surface area contributed by atoms with Gasteiger partial charge in [-0.1, -0.05) is 0 Å². The normalized spacial score (nSPS) is 15.4. The van der Waals surface area contributed by atoms with E-state index in [1.807, 2.05) is 24.9 Å². The average molecular weight is 232 g/mol. The lowest BCUT2D eigenvalue weighted by atomic mass is 10.1. The van der Waals surface area contributed by atoms with Gasteiger partial charge in [-0.05, 0) is 13.2 Å². The Morgan fingerprint density at radius 1 is 1.71 bits per heavy atom. The lowest BCUT2D eigenvalue weighted by Crippen LogP contribution is -2.39. The third kappa shape index (κ3) is 4.41. The molecule has 0 aliphatic carbocycles. The van der Waals surface area contributed by atoms with Crippen molar-refractivity contribution in [3.8, 4) is 0 Å². The van der Waals surface area contributed by atoms with Crippen LogP contribution in [0.2, 0.25) is 0 Å². The molecule has 0 aliphatic rings. The molecule has 0 saturated carbocycles. The minimum absolute atomic E-state index is 0.617. The number of thiazole rings is 1. The fourth-order valence-corrected chi connectivity index (χ4v) is 2.43. The predicted molar refractivity (Wildman–Crippen MR) is 62.8 cm³/mol. The largest absolute Gasteiger partial charge is 0.388 e. The van der Waals surface area contributed by atoms with Gasteiger partial charge in [0, 0.05) is 29.9 Å². The SMILES string of the molecule is CSCC(C)(O)CNCc1cncs1. The number of nitrogens with one attached hydrogen (secondary N) is 1. The van der Waals surface area contributed by atoms with E-state index in [1.54, 1.807) is 23.1 Å². The average Bonchev–Trinajstić information content (AvgIpc) is 2.56. The van der Waals surface area contributed by atoms with Gasteiger partial charge in [0.25, 0.3) is 0 Å². The molecule has 2 N–H and O–H groups in total.